The Bertz CT molecular complexity index is 1520. The van der Waals surface area contributed by atoms with Crippen molar-refractivity contribution in [2.75, 3.05) is 14.2 Å². The standard InChI is InChI=1S/C29H29N5O4S/c1-18-15-23(19(2)33(18)25-13-10-21(34(35)36)16-26(25)38-4)28-27(24-7-5-6-14-30-24)31-29(39)32(28)17-20-8-11-22(37-3)12-9-20/h5-16,27-28H,17H2,1-4H3,(H,31,39). The highest BCUT2D eigenvalue weighted by molar-refractivity contribution is 7.80. The summed E-state index contributed by atoms with van der Waals surface area (Å²) < 4.78 is 13.0. The van der Waals surface area contributed by atoms with Gasteiger partial charge in [0.05, 0.1) is 48.7 Å². The maximum Gasteiger partial charge on any atom is 0.273 e. The van der Waals surface area contributed by atoms with E-state index in [0.717, 1.165) is 39.6 Å². The number of hydrogen-bond donors (Lipinski definition) is 1. The average Bonchev–Trinajstić information content (AvgIpc) is 3.43. The van der Waals surface area contributed by atoms with Crippen molar-refractivity contribution in [1.29, 1.82) is 0 Å². The van der Waals surface area contributed by atoms with Crippen LogP contribution in [0.15, 0.2) is 72.9 Å². The molecule has 1 aliphatic heterocycles. The second kappa shape index (κ2) is 10.7. The van der Waals surface area contributed by atoms with Crippen LogP contribution in [0.4, 0.5) is 5.69 Å². The summed E-state index contributed by atoms with van der Waals surface area (Å²) >= 11 is 5.87. The summed E-state index contributed by atoms with van der Waals surface area (Å²) in [4.78, 5) is 17.8. The molecule has 3 heterocycles. The van der Waals surface area contributed by atoms with Crippen molar-refractivity contribution in [2.45, 2.75) is 32.5 Å². The lowest BCUT2D eigenvalue weighted by atomic mass is 9.96. The van der Waals surface area contributed by atoms with Crippen LogP contribution in [0, 0.1) is 24.0 Å². The lowest BCUT2D eigenvalue weighted by Gasteiger charge is -2.28. The van der Waals surface area contributed by atoms with Crippen molar-refractivity contribution in [3.05, 3.63) is 111 Å². The Balaban J connectivity index is 1.61. The van der Waals surface area contributed by atoms with E-state index in [9.17, 15) is 10.1 Å². The van der Waals surface area contributed by atoms with E-state index in [1.54, 1.807) is 19.4 Å². The Morgan fingerprint density at radius 2 is 1.82 bits per heavy atom. The number of aromatic nitrogens is 2. The molecule has 2 unspecified atom stereocenters. The number of thiocarbonyl (C=S) groups is 1. The summed E-state index contributed by atoms with van der Waals surface area (Å²) in [6.45, 7) is 4.65. The molecule has 0 radical (unpaired) electrons. The fraction of sp³-hybridized carbons (Fsp3) is 0.241. The van der Waals surface area contributed by atoms with Crippen molar-refractivity contribution >= 4 is 23.0 Å². The Morgan fingerprint density at radius 1 is 1.05 bits per heavy atom. The van der Waals surface area contributed by atoms with E-state index in [4.69, 9.17) is 21.7 Å². The van der Waals surface area contributed by atoms with Gasteiger partial charge in [-0.1, -0.05) is 18.2 Å². The van der Waals surface area contributed by atoms with E-state index in [2.05, 4.69) is 25.8 Å². The number of nitrogens with one attached hydrogen (secondary N) is 1. The molecule has 0 saturated carbocycles. The first-order chi connectivity index (χ1) is 18.8. The van der Waals surface area contributed by atoms with Gasteiger partial charge in [0, 0.05) is 30.2 Å². The van der Waals surface area contributed by atoms with Crippen LogP contribution >= 0.6 is 12.2 Å². The normalized spacial score (nSPS) is 16.7. The highest BCUT2D eigenvalue weighted by Crippen LogP contribution is 2.43. The average molecular weight is 544 g/mol. The van der Waals surface area contributed by atoms with E-state index in [-0.39, 0.29) is 17.8 Å². The largest absolute Gasteiger partial charge is 0.497 e. The lowest BCUT2D eigenvalue weighted by Crippen LogP contribution is -2.29. The van der Waals surface area contributed by atoms with Crippen LogP contribution in [-0.4, -0.2) is 38.7 Å². The fourth-order valence-corrected chi connectivity index (χ4v) is 5.57. The van der Waals surface area contributed by atoms with Gasteiger partial charge in [0.1, 0.15) is 11.5 Å². The molecule has 39 heavy (non-hydrogen) atoms. The monoisotopic (exact) mass is 543 g/mol. The molecule has 10 heteroatoms. The number of aryl methyl sites for hydroxylation is 1. The van der Waals surface area contributed by atoms with E-state index in [0.29, 0.717) is 17.4 Å². The van der Waals surface area contributed by atoms with Gasteiger partial charge < -0.3 is 24.3 Å². The summed E-state index contributed by atoms with van der Waals surface area (Å²) in [5, 5.41) is 15.5. The number of non-ortho nitro benzene ring substituents is 1. The van der Waals surface area contributed by atoms with Gasteiger partial charge >= 0.3 is 0 Å². The number of nitro groups is 1. The third-order valence-corrected chi connectivity index (χ3v) is 7.47. The van der Waals surface area contributed by atoms with Gasteiger partial charge in [0.2, 0.25) is 0 Å². The fourth-order valence-electron chi connectivity index (χ4n) is 5.26. The molecular weight excluding hydrogens is 514 g/mol. The number of ether oxygens (including phenoxy) is 2. The molecule has 1 aliphatic rings. The second-order valence-electron chi connectivity index (χ2n) is 9.38. The minimum absolute atomic E-state index is 0.0236. The molecule has 5 rings (SSSR count). The first-order valence-corrected chi connectivity index (χ1v) is 12.9. The number of nitro benzene ring substituents is 1. The van der Waals surface area contributed by atoms with Gasteiger partial charge in [-0.05, 0) is 73.6 Å². The minimum atomic E-state index is -0.424. The van der Waals surface area contributed by atoms with Gasteiger partial charge in [-0.25, -0.2) is 0 Å². The van der Waals surface area contributed by atoms with Crippen LogP contribution in [0.25, 0.3) is 5.69 Å². The third-order valence-electron chi connectivity index (χ3n) is 7.11. The SMILES string of the molecule is COc1ccc(CN2C(=S)NC(c3ccccn3)C2c2cc(C)n(-c3ccc([N+](=O)[O-])cc3OC)c2C)cc1. The summed E-state index contributed by atoms with van der Waals surface area (Å²) in [6.07, 6.45) is 1.79. The highest BCUT2D eigenvalue weighted by atomic mass is 32.1. The summed E-state index contributed by atoms with van der Waals surface area (Å²) in [6, 6.07) is 20.3. The van der Waals surface area contributed by atoms with Gasteiger partial charge in [-0.3, -0.25) is 15.1 Å². The topological polar surface area (TPSA) is 94.7 Å². The quantitative estimate of drug-likeness (QED) is 0.175. The van der Waals surface area contributed by atoms with Gasteiger partial charge in [0.15, 0.2) is 5.11 Å². The smallest absolute Gasteiger partial charge is 0.273 e. The first kappa shape index (κ1) is 26.2. The van der Waals surface area contributed by atoms with Gasteiger partial charge in [-0.15, -0.1) is 0 Å². The molecule has 0 spiro atoms. The summed E-state index contributed by atoms with van der Waals surface area (Å²) in [7, 11) is 3.17. The molecule has 0 aliphatic carbocycles. The van der Waals surface area contributed by atoms with Crippen LogP contribution in [0.1, 0.15) is 40.3 Å². The highest BCUT2D eigenvalue weighted by Gasteiger charge is 2.41. The molecule has 1 N–H and O–H groups in total. The number of nitrogens with zero attached hydrogens (tertiary/aromatic N) is 4. The molecule has 2 atom stereocenters. The molecule has 200 valence electrons. The van der Waals surface area contributed by atoms with Crippen LogP contribution in [0.2, 0.25) is 0 Å². The Morgan fingerprint density at radius 3 is 2.46 bits per heavy atom. The Labute approximate surface area is 232 Å². The number of rotatable bonds is 8. The first-order valence-electron chi connectivity index (χ1n) is 12.4. The molecule has 4 aromatic rings. The third kappa shape index (κ3) is 4.90. The maximum atomic E-state index is 11.4. The molecule has 0 bridgehead atoms. The predicted molar refractivity (Wildman–Crippen MR) is 152 cm³/mol. The second-order valence-corrected chi connectivity index (χ2v) is 9.76. The van der Waals surface area contributed by atoms with E-state index in [1.165, 1.54) is 19.2 Å². The minimum Gasteiger partial charge on any atom is -0.497 e. The Hall–Kier alpha value is -4.44. The molecule has 2 aromatic heterocycles. The Kier molecular flexibility index (Phi) is 7.21. The van der Waals surface area contributed by atoms with Crippen LogP contribution in [-0.2, 0) is 6.54 Å². The van der Waals surface area contributed by atoms with Crippen molar-refractivity contribution in [3.63, 3.8) is 0 Å². The van der Waals surface area contributed by atoms with Crippen molar-refractivity contribution in [2.24, 2.45) is 0 Å². The number of pyridine rings is 1. The van der Waals surface area contributed by atoms with E-state index in [1.807, 2.05) is 56.3 Å². The number of methoxy groups -OCH3 is 2. The van der Waals surface area contributed by atoms with Crippen molar-refractivity contribution in [1.82, 2.24) is 19.8 Å². The molecule has 1 saturated heterocycles. The predicted octanol–water partition coefficient (Wildman–Crippen LogP) is 5.59. The summed E-state index contributed by atoms with van der Waals surface area (Å²) in [5.41, 5.74) is 5.72. The number of hydrogen-bond acceptors (Lipinski definition) is 6. The van der Waals surface area contributed by atoms with E-state index >= 15 is 0 Å². The van der Waals surface area contributed by atoms with Gasteiger partial charge in [0.25, 0.3) is 5.69 Å². The lowest BCUT2D eigenvalue weighted by molar-refractivity contribution is -0.384. The zero-order chi connectivity index (χ0) is 27.7. The van der Waals surface area contributed by atoms with E-state index < -0.39 is 4.92 Å². The van der Waals surface area contributed by atoms with Gasteiger partial charge in [-0.2, -0.15) is 0 Å². The van der Waals surface area contributed by atoms with Crippen LogP contribution in [0.5, 0.6) is 11.5 Å². The van der Waals surface area contributed by atoms with Crippen molar-refractivity contribution < 1.29 is 14.4 Å². The number of benzene rings is 2. The molecule has 0 amide bonds. The molecule has 9 nitrogen and oxygen atoms in total. The summed E-state index contributed by atoms with van der Waals surface area (Å²) in [5.74, 6) is 1.22. The van der Waals surface area contributed by atoms with Crippen LogP contribution < -0.4 is 14.8 Å². The maximum absolute atomic E-state index is 11.4. The zero-order valence-corrected chi connectivity index (χ0v) is 22.9. The molecule has 2 aromatic carbocycles. The molecule has 1 fully saturated rings. The van der Waals surface area contributed by atoms with Crippen LogP contribution in [0.3, 0.4) is 0 Å². The zero-order valence-electron chi connectivity index (χ0n) is 22.1. The molecular formula is C29H29N5O4S. The van der Waals surface area contributed by atoms with Crippen molar-refractivity contribution in [3.8, 4) is 17.2 Å².